The van der Waals surface area contributed by atoms with E-state index in [0.29, 0.717) is 10.3 Å². The highest BCUT2D eigenvalue weighted by atomic mass is 35.5. The maximum atomic E-state index is 6.32. The van der Waals surface area contributed by atoms with E-state index in [1.165, 1.54) is 0 Å². The molecule has 0 aliphatic rings. The Morgan fingerprint density at radius 1 is 1.18 bits per heavy atom. The average Bonchev–Trinajstić information content (AvgIpc) is 2.67. The summed E-state index contributed by atoms with van der Waals surface area (Å²) in [5.41, 5.74) is 2.62. The van der Waals surface area contributed by atoms with Crippen molar-refractivity contribution in [3.05, 3.63) is 27.6 Å². The molecule has 0 saturated heterocycles. The first-order valence-corrected chi connectivity index (χ1v) is 6.65. The largest absolute Gasteiger partial charge is 0.216 e. The van der Waals surface area contributed by atoms with E-state index in [4.69, 9.17) is 23.2 Å². The summed E-state index contributed by atoms with van der Waals surface area (Å²) in [6, 6.07) is 1.94. The maximum absolute atomic E-state index is 6.32. The minimum Gasteiger partial charge on any atom is -0.216 e. The van der Waals surface area contributed by atoms with Crippen molar-refractivity contribution in [2.45, 2.75) is 39.5 Å². The quantitative estimate of drug-likeness (QED) is 0.789. The molecule has 0 amide bonds. The van der Waals surface area contributed by atoms with E-state index in [2.05, 4.69) is 23.9 Å². The molecule has 2 heterocycles. The summed E-state index contributed by atoms with van der Waals surface area (Å²) in [7, 11) is 0. The Morgan fingerprint density at radius 3 is 2.53 bits per heavy atom. The number of hydrogen-bond donors (Lipinski definition) is 0. The minimum absolute atomic E-state index is 0.493. The van der Waals surface area contributed by atoms with E-state index in [1.807, 2.05) is 6.07 Å². The Labute approximate surface area is 111 Å². The first-order valence-electron chi connectivity index (χ1n) is 5.89. The number of nitrogens with zero attached hydrogens (tertiary/aromatic N) is 3. The van der Waals surface area contributed by atoms with Crippen LogP contribution in [0.15, 0.2) is 6.07 Å². The average molecular weight is 272 g/mol. The lowest BCUT2D eigenvalue weighted by Crippen LogP contribution is -2.00. The van der Waals surface area contributed by atoms with Gasteiger partial charge in [-0.1, -0.05) is 49.9 Å². The molecule has 0 radical (unpaired) electrons. The van der Waals surface area contributed by atoms with Gasteiger partial charge in [-0.25, -0.2) is 9.50 Å². The van der Waals surface area contributed by atoms with E-state index in [9.17, 15) is 0 Å². The van der Waals surface area contributed by atoms with Crippen LogP contribution in [-0.2, 0) is 12.8 Å². The zero-order valence-electron chi connectivity index (χ0n) is 10.0. The number of halogens is 2. The lowest BCUT2D eigenvalue weighted by atomic mass is 10.2. The monoisotopic (exact) mass is 271 g/mol. The van der Waals surface area contributed by atoms with Crippen LogP contribution in [0.5, 0.6) is 0 Å². The second-order valence-corrected chi connectivity index (χ2v) is 4.79. The molecule has 92 valence electrons. The maximum Gasteiger partial charge on any atom is 0.158 e. The Bertz CT molecular complexity index is 534. The number of hydrogen-bond acceptors (Lipinski definition) is 2. The van der Waals surface area contributed by atoms with Gasteiger partial charge >= 0.3 is 0 Å². The van der Waals surface area contributed by atoms with Gasteiger partial charge in [-0.15, -0.1) is 0 Å². The third-order valence-corrected chi connectivity index (χ3v) is 3.34. The molecule has 0 atom stereocenters. The third-order valence-electron chi connectivity index (χ3n) is 2.64. The van der Waals surface area contributed by atoms with Crippen LogP contribution in [0.25, 0.3) is 5.65 Å². The summed E-state index contributed by atoms with van der Waals surface area (Å²) in [5, 5.41) is 5.53. The summed E-state index contributed by atoms with van der Waals surface area (Å²) < 4.78 is 1.68. The van der Waals surface area contributed by atoms with Crippen LogP contribution in [0.3, 0.4) is 0 Å². The third kappa shape index (κ3) is 2.40. The van der Waals surface area contributed by atoms with Gasteiger partial charge in [0.25, 0.3) is 0 Å². The lowest BCUT2D eigenvalue weighted by Gasteiger charge is -2.06. The van der Waals surface area contributed by atoms with Gasteiger partial charge in [0.05, 0.1) is 5.69 Å². The van der Waals surface area contributed by atoms with Gasteiger partial charge in [0.2, 0.25) is 0 Å². The summed E-state index contributed by atoms with van der Waals surface area (Å²) in [6.07, 6.45) is 3.79. The molecule has 0 fully saturated rings. The summed E-state index contributed by atoms with van der Waals surface area (Å²) >= 11 is 12.5. The van der Waals surface area contributed by atoms with E-state index in [-0.39, 0.29) is 0 Å². The van der Waals surface area contributed by atoms with Gasteiger partial charge in [-0.05, 0) is 12.8 Å². The number of rotatable bonds is 4. The Hall–Kier alpha value is -0.800. The molecule has 0 spiro atoms. The normalized spacial score (nSPS) is 11.3. The van der Waals surface area contributed by atoms with Crippen LogP contribution in [0.2, 0.25) is 10.3 Å². The molecule has 2 aromatic rings. The summed E-state index contributed by atoms with van der Waals surface area (Å²) in [4.78, 5) is 4.34. The second-order valence-electron chi connectivity index (χ2n) is 4.08. The zero-order chi connectivity index (χ0) is 12.4. The van der Waals surface area contributed by atoms with Crippen LogP contribution in [0.4, 0.5) is 0 Å². The zero-order valence-corrected chi connectivity index (χ0v) is 11.5. The number of fused-ring (bicyclic) bond motifs is 1. The molecule has 0 unspecified atom stereocenters. The van der Waals surface area contributed by atoms with Gasteiger partial charge in [0, 0.05) is 11.6 Å². The van der Waals surface area contributed by atoms with E-state index in [0.717, 1.165) is 42.6 Å². The number of aromatic nitrogens is 3. The molecule has 0 aliphatic carbocycles. The Balaban J connectivity index is 2.56. The van der Waals surface area contributed by atoms with Crippen LogP contribution < -0.4 is 0 Å². The predicted octanol–water partition coefficient (Wildman–Crippen LogP) is 3.94. The molecule has 2 aromatic heterocycles. The fraction of sp³-hybridized carbons (Fsp3) is 0.500. The first kappa shape index (κ1) is 12.7. The summed E-state index contributed by atoms with van der Waals surface area (Å²) in [5.74, 6) is 0. The van der Waals surface area contributed by atoms with Crippen LogP contribution >= 0.6 is 23.2 Å². The lowest BCUT2D eigenvalue weighted by molar-refractivity contribution is 0.818. The molecule has 0 aromatic carbocycles. The molecule has 0 N–H and O–H groups in total. The topological polar surface area (TPSA) is 30.2 Å². The predicted molar refractivity (Wildman–Crippen MR) is 71.0 cm³/mol. The van der Waals surface area contributed by atoms with Crippen molar-refractivity contribution >= 4 is 28.8 Å². The Kier molecular flexibility index (Phi) is 3.89. The van der Waals surface area contributed by atoms with E-state index < -0.39 is 0 Å². The van der Waals surface area contributed by atoms with Crippen molar-refractivity contribution in [3.63, 3.8) is 0 Å². The van der Waals surface area contributed by atoms with Crippen LogP contribution in [0, 0.1) is 0 Å². The van der Waals surface area contributed by atoms with E-state index in [1.54, 1.807) is 4.52 Å². The van der Waals surface area contributed by atoms with E-state index >= 15 is 0 Å². The van der Waals surface area contributed by atoms with Crippen molar-refractivity contribution in [3.8, 4) is 0 Å². The van der Waals surface area contributed by atoms with Gasteiger partial charge < -0.3 is 0 Å². The molecular weight excluding hydrogens is 257 g/mol. The molecular formula is C12H15Cl2N3. The molecule has 0 bridgehead atoms. The second kappa shape index (κ2) is 5.23. The molecule has 3 nitrogen and oxygen atoms in total. The Morgan fingerprint density at radius 2 is 1.88 bits per heavy atom. The SMILES string of the molecule is CCCc1cc2nc(Cl)c(CCC)c(Cl)n2n1. The van der Waals surface area contributed by atoms with Crippen LogP contribution in [0.1, 0.15) is 37.9 Å². The minimum atomic E-state index is 0.493. The molecule has 0 saturated carbocycles. The fourth-order valence-corrected chi connectivity index (χ4v) is 2.49. The molecule has 5 heteroatoms. The van der Waals surface area contributed by atoms with Gasteiger partial charge in [-0.2, -0.15) is 5.10 Å². The van der Waals surface area contributed by atoms with Crippen molar-refractivity contribution < 1.29 is 0 Å². The van der Waals surface area contributed by atoms with Crippen molar-refractivity contribution in [1.82, 2.24) is 14.6 Å². The summed E-state index contributed by atoms with van der Waals surface area (Å²) in [6.45, 7) is 4.21. The highest BCUT2D eigenvalue weighted by molar-refractivity contribution is 6.34. The van der Waals surface area contributed by atoms with Crippen LogP contribution in [-0.4, -0.2) is 14.6 Å². The molecule has 2 rings (SSSR count). The van der Waals surface area contributed by atoms with Gasteiger partial charge in [0.1, 0.15) is 10.3 Å². The van der Waals surface area contributed by atoms with Crippen molar-refractivity contribution in [2.75, 3.05) is 0 Å². The molecule has 0 aliphatic heterocycles. The highest BCUT2D eigenvalue weighted by Crippen LogP contribution is 2.25. The smallest absolute Gasteiger partial charge is 0.158 e. The van der Waals surface area contributed by atoms with Crippen molar-refractivity contribution in [1.29, 1.82) is 0 Å². The van der Waals surface area contributed by atoms with Gasteiger partial charge in [-0.3, -0.25) is 0 Å². The number of aryl methyl sites for hydroxylation is 1. The molecule has 17 heavy (non-hydrogen) atoms. The highest BCUT2D eigenvalue weighted by Gasteiger charge is 2.13. The standard InChI is InChI=1S/C12H15Cl2N3/c1-3-5-8-7-10-15-11(13)9(6-4-2)12(14)17(10)16-8/h7H,3-6H2,1-2H3. The fourth-order valence-electron chi connectivity index (χ4n) is 1.86. The first-order chi connectivity index (χ1) is 8.17. The van der Waals surface area contributed by atoms with Gasteiger partial charge in [0.15, 0.2) is 5.65 Å². The van der Waals surface area contributed by atoms with Crippen molar-refractivity contribution in [2.24, 2.45) is 0 Å².